The van der Waals surface area contributed by atoms with Crippen LogP contribution in [-0.2, 0) is 4.79 Å². The molecule has 1 fully saturated rings. The number of nitrogens with one attached hydrogen (secondary N) is 1. The van der Waals surface area contributed by atoms with Crippen molar-refractivity contribution < 1.29 is 9.53 Å². The van der Waals surface area contributed by atoms with Crippen LogP contribution in [0.2, 0.25) is 0 Å². The van der Waals surface area contributed by atoms with Crippen molar-refractivity contribution in [2.45, 2.75) is 46.3 Å². The van der Waals surface area contributed by atoms with E-state index in [0.717, 1.165) is 55.7 Å². The molecule has 1 N–H and O–H groups in total. The molecular formula is C22H31N5O2. The minimum absolute atomic E-state index is 0.0127. The van der Waals surface area contributed by atoms with E-state index >= 15 is 0 Å². The highest BCUT2D eigenvalue weighted by Gasteiger charge is 2.25. The maximum Gasteiger partial charge on any atom is 0.227 e. The number of aromatic nitrogens is 2. The highest BCUT2D eigenvalue weighted by molar-refractivity contribution is 5.73. The number of ether oxygens (including phenoxy) is 1. The fourth-order valence-electron chi connectivity index (χ4n) is 3.62. The smallest absolute Gasteiger partial charge is 0.227 e. The Bertz CT molecular complexity index is 807. The molecular weight excluding hydrogens is 366 g/mol. The van der Waals surface area contributed by atoms with Crippen molar-refractivity contribution in [3.05, 3.63) is 42.1 Å². The molecule has 0 bridgehead atoms. The summed E-state index contributed by atoms with van der Waals surface area (Å²) in [5, 5.41) is 2.89. The Morgan fingerprint density at radius 1 is 1.28 bits per heavy atom. The van der Waals surface area contributed by atoms with Gasteiger partial charge in [0.1, 0.15) is 17.7 Å². The van der Waals surface area contributed by atoms with Crippen LogP contribution < -0.4 is 19.9 Å². The van der Waals surface area contributed by atoms with E-state index in [9.17, 15) is 4.79 Å². The van der Waals surface area contributed by atoms with Gasteiger partial charge in [-0.3, -0.25) is 4.79 Å². The van der Waals surface area contributed by atoms with E-state index in [4.69, 9.17) is 9.72 Å². The largest absolute Gasteiger partial charge is 0.489 e. The molecule has 2 heterocycles. The standard InChI is InChI=1S/C22H31N5O2/c1-5-26(6-2)22-23-13-11-21(25-22)27-14-12-20(15-27)29-19-9-7-18(8-10-19)16(3)24-17(4)28/h7-11,13,16,20H,5-6,12,14-15H2,1-4H3,(H,24,28)/t16-,20+/m0/s1. The number of hydrogen-bond donors (Lipinski definition) is 1. The van der Waals surface area contributed by atoms with E-state index in [1.54, 1.807) is 0 Å². The van der Waals surface area contributed by atoms with Crippen LogP contribution in [0.4, 0.5) is 11.8 Å². The highest BCUT2D eigenvalue weighted by atomic mass is 16.5. The zero-order valence-electron chi connectivity index (χ0n) is 17.8. The number of nitrogens with zero attached hydrogens (tertiary/aromatic N) is 4. The number of carbonyl (C=O) groups is 1. The van der Waals surface area contributed by atoms with E-state index < -0.39 is 0 Å². The van der Waals surface area contributed by atoms with Gasteiger partial charge in [-0.05, 0) is 44.5 Å². The van der Waals surface area contributed by atoms with Gasteiger partial charge in [0.2, 0.25) is 11.9 Å². The molecule has 0 unspecified atom stereocenters. The van der Waals surface area contributed by atoms with Crippen molar-refractivity contribution in [1.29, 1.82) is 0 Å². The van der Waals surface area contributed by atoms with E-state index in [1.165, 1.54) is 6.92 Å². The van der Waals surface area contributed by atoms with Gasteiger partial charge in [-0.1, -0.05) is 12.1 Å². The Labute approximate surface area is 173 Å². The molecule has 0 saturated carbocycles. The summed E-state index contributed by atoms with van der Waals surface area (Å²) >= 11 is 0. The summed E-state index contributed by atoms with van der Waals surface area (Å²) in [4.78, 5) is 24.8. The van der Waals surface area contributed by atoms with Gasteiger partial charge >= 0.3 is 0 Å². The zero-order valence-corrected chi connectivity index (χ0v) is 17.8. The lowest BCUT2D eigenvalue weighted by Gasteiger charge is -2.22. The fraction of sp³-hybridized carbons (Fsp3) is 0.500. The van der Waals surface area contributed by atoms with Gasteiger partial charge in [0.15, 0.2) is 0 Å². The number of anilines is 2. The third-order valence-corrected chi connectivity index (χ3v) is 5.25. The molecule has 1 amide bonds. The van der Waals surface area contributed by atoms with E-state index in [0.29, 0.717) is 0 Å². The number of rotatable bonds is 8. The highest BCUT2D eigenvalue weighted by Crippen LogP contribution is 2.24. The summed E-state index contributed by atoms with van der Waals surface area (Å²) < 4.78 is 6.18. The lowest BCUT2D eigenvalue weighted by molar-refractivity contribution is -0.119. The Morgan fingerprint density at radius 3 is 2.66 bits per heavy atom. The minimum Gasteiger partial charge on any atom is -0.489 e. The van der Waals surface area contributed by atoms with Crippen LogP contribution in [0.25, 0.3) is 0 Å². The molecule has 0 spiro atoms. The number of carbonyl (C=O) groups excluding carboxylic acids is 1. The van der Waals surface area contributed by atoms with Crippen LogP contribution in [0.5, 0.6) is 5.75 Å². The summed E-state index contributed by atoms with van der Waals surface area (Å²) in [5.74, 6) is 2.55. The third-order valence-electron chi connectivity index (χ3n) is 5.25. The second-order valence-electron chi connectivity index (χ2n) is 7.35. The molecule has 1 aliphatic rings. The molecule has 3 rings (SSSR count). The van der Waals surface area contributed by atoms with Crippen molar-refractivity contribution in [1.82, 2.24) is 15.3 Å². The first-order chi connectivity index (χ1) is 14.0. The van der Waals surface area contributed by atoms with Gasteiger partial charge in [0.05, 0.1) is 12.6 Å². The van der Waals surface area contributed by atoms with Crippen LogP contribution in [0.1, 0.15) is 45.7 Å². The van der Waals surface area contributed by atoms with Gasteiger partial charge in [-0.2, -0.15) is 4.98 Å². The van der Waals surface area contributed by atoms with Gasteiger partial charge in [-0.15, -0.1) is 0 Å². The molecule has 7 nitrogen and oxygen atoms in total. The van der Waals surface area contributed by atoms with Crippen LogP contribution in [0.15, 0.2) is 36.5 Å². The summed E-state index contributed by atoms with van der Waals surface area (Å²) in [6, 6.07) is 9.90. The molecule has 1 aliphatic heterocycles. The average Bonchev–Trinajstić information content (AvgIpc) is 3.18. The van der Waals surface area contributed by atoms with Gasteiger partial charge in [0, 0.05) is 39.2 Å². The molecule has 0 aliphatic carbocycles. The molecule has 156 valence electrons. The minimum atomic E-state index is -0.0299. The number of amides is 1. The molecule has 7 heteroatoms. The van der Waals surface area contributed by atoms with Crippen LogP contribution in [0.3, 0.4) is 0 Å². The maximum atomic E-state index is 11.2. The quantitative estimate of drug-likeness (QED) is 0.738. The molecule has 2 atom stereocenters. The Balaban J connectivity index is 1.59. The normalized spacial score (nSPS) is 17.1. The number of benzene rings is 1. The van der Waals surface area contributed by atoms with E-state index in [-0.39, 0.29) is 18.1 Å². The van der Waals surface area contributed by atoms with Gasteiger partial charge in [0.25, 0.3) is 0 Å². The second kappa shape index (κ2) is 9.58. The topological polar surface area (TPSA) is 70.6 Å². The zero-order chi connectivity index (χ0) is 20.8. The molecule has 0 radical (unpaired) electrons. The molecule has 1 saturated heterocycles. The first-order valence-corrected chi connectivity index (χ1v) is 10.4. The van der Waals surface area contributed by atoms with E-state index in [1.807, 2.05) is 43.5 Å². The monoisotopic (exact) mass is 397 g/mol. The van der Waals surface area contributed by atoms with Crippen molar-refractivity contribution in [2.75, 3.05) is 36.0 Å². The molecule has 1 aromatic heterocycles. The molecule has 2 aromatic rings. The predicted octanol–water partition coefficient (Wildman–Crippen LogP) is 3.18. The Kier molecular flexibility index (Phi) is 6.90. The Morgan fingerprint density at radius 2 is 2.00 bits per heavy atom. The van der Waals surface area contributed by atoms with Gasteiger partial charge in [-0.25, -0.2) is 4.98 Å². The average molecular weight is 398 g/mol. The van der Waals surface area contributed by atoms with Crippen molar-refractivity contribution in [2.24, 2.45) is 0 Å². The molecule has 29 heavy (non-hydrogen) atoms. The van der Waals surface area contributed by atoms with Crippen molar-refractivity contribution in [3.8, 4) is 5.75 Å². The summed E-state index contributed by atoms with van der Waals surface area (Å²) in [7, 11) is 0. The van der Waals surface area contributed by atoms with Crippen LogP contribution >= 0.6 is 0 Å². The fourth-order valence-corrected chi connectivity index (χ4v) is 3.62. The summed E-state index contributed by atoms with van der Waals surface area (Å²) in [6.07, 6.45) is 2.91. The maximum absolute atomic E-state index is 11.2. The number of hydrogen-bond acceptors (Lipinski definition) is 6. The Hall–Kier alpha value is -2.83. The van der Waals surface area contributed by atoms with Gasteiger partial charge < -0.3 is 19.9 Å². The van der Waals surface area contributed by atoms with Crippen molar-refractivity contribution in [3.63, 3.8) is 0 Å². The summed E-state index contributed by atoms with van der Waals surface area (Å²) in [6.45, 7) is 11.2. The summed E-state index contributed by atoms with van der Waals surface area (Å²) in [5.41, 5.74) is 1.06. The van der Waals surface area contributed by atoms with E-state index in [2.05, 4.69) is 33.9 Å². The van der Waals surface area contributed by atoms with Crippen LogP contribution in [-0.4, -0.2) is 48.2 Å². The molecule has 1 aromatic carbocycles. The second-order valence-corrected chi connectivity index (χ2v) is 7.35. The van der Waals surface area contributed by atoms with Crippen LogP contribution in [0, 0.1) is 0 Å². The lowest BCUT2D eigenvalue weighted by atomic mass is 10.1. The predicted molar refractivity (Wildman–Crippen MR) is 116 cm³/mol. The first kappa shape index (κ1) is 20.9. The lowest BCUT2D eigenvalue weighted by Crippen LogP contribution is -2.28. The SMILES string of the molecule is CCN(CC)c1nccc(N2CC[C@@H](Oc3ccc([C@H](C)NC(C)=O)cc3)C2)n1. The first-order valence-electron chi connectivity index (χ1n) is 10.4. The van der Waals surface area contributed by atoms with Crippen molar-refractivity contribution >= 4 is 17.7 Å². The third kappa shape index (κ3) is 5.37.